The number of fused-ring (bicyclic) bond motifs is 3. The molecule has 0 amide bonds. The van der Waals surface area contributed by atoms with Crippen LogP contribution in [-0.2, 0) is 23.7 Å². The van der Waals surface area contributed by atoms with Crippen molar-refractivity contribution >= 4 is 40.1 Å². The van der Waals surface area contributed by atoms with Crippen LogP contribution in [0.1, 0.15) is 38.1 Å². The zero-order valence-corrected chi connectivity index (χ0v) is 19.6. The fraction of sp³-hybridized carbons (Fsp3) is 0.650. The number of thioether (sulfide) groups is 1. The van der Waals surface area contributed by atoms with Gasteiger partial charge in [-0.1, -0.05) is 35.0 Å². The molecule has 3 fully saturated rings. The lowest BCUT2D eigenvalue weighted by Gasteiger charge is -2.43. The van der Waals surface area contributed by atoms with Crippen LogP contribution in [0.2, 0.25) is 10.0 Å². The molecule has 0 aliphatic carbocycles. The predicted octanol–water partition coefficient (Wildman–Crippen LogP) is 4.27. The van der Waals surface area contributed by atoms with E-state index in [0.717, 1.165) is 11.8 Å². The second-order valence-electron chi connectivity index (χ2n) is 8.24. The van der Waals surface area contributed by atoms with Crippen molar-refractivity contribution < 1.29 is 33.2 Å². The normalized spacial score (nSPS) is 33.8. The van der Waals surface area contributed by atoms with E-state index in [2.05, 4.69) is 0 Å². The Labute approximate surface area is 189 Å². The summed E-state index contributed by atoms with van der Waals surface area (Å²) >= 11 is 13.5. The molecule has 5 atom stereocenters. The Morgan fingerprint density at radius 3 is 2.33 bits per heavy atom. The van der Waals surface area contributed by atoms with Crippen LogP contribution in [0.4, 0.5) is 0 Å². The summed E-state index contributed by atoms with van der Waals surface area (Å²) in [5.41, 5.74) is 0.233. The van der Waals surface area contributed by atoms with Crippen LogP contribution in [0, 0.1) is 0 Å². The maximum atomic E-state index is 12.9. The summed E-state index contributed by atoms with van der Waals surface area (Å²) in [7, 11) is 1.44. The molecule has 0 spiro atoms. The number of carbonyl (C=O) groups excluding carboxylic acids is 1. The van der Waals surface area contributed by atoms with E-state index >= 15 is 0 Å². The van der Waals surface area contributed by atoms with Crippen molar-refractivity contribution in [3.8, 4) is 5.75 Å². The summed E-state index contributed by atoms with van der Waals surface area (Å²) in [6.45, 7) is 7.33. The first kappa shape index (κ1) is 22.6. The minimum atomic E-state index is -0.866. The summed E-state index contributed by atoms with van der Waals surface area (Å²) in [5.74, 6) is -1.04. The number of hydrogen-bond donors (Lipinski definition) is 0. The van der Waals surface area contributed by atoms with Crippen molar-refractivity contribution in [3.63, 3.8) is 0 Å². The fourth-order valence-corrected chi connectivity index (χ4v) is 5.45. The van der Waals surface area contributed by atoms with Crippen LogP contribution in [0.5, 0.6) is 5.75 Å². The van der Waals surface area contributed by atoms with Gasteiger partial charge in [-0.15, -0.1) is 0 Å². The zero-order valence-electron chi connectivity index (χ0n) is 17.3. The van der Waals surface area contributed by atoms with E-state index in [0.29, 0.717) is 10.8 Å². The number of methoxy groups -OCH3 is 1. The Hall–Kier alpha value is -0.580. The Balaban J connectivity index is 1.50. The quantitative estimate of drug-likeness (QED) is 0.634. The number of halogens is 2. The van der Waals surface area contributed by atoms with Crippen molar-refractivity contribution in [1.29, 1.82) is 0 Å². The van der Waals surface area contributed by atoms with Crippen LogP contribution in [0.3, 0.4) is 0 Å². The van der Waals surface area contributed by atoms with Crippen LogP contribution < -0.4 is 4.74 Å². The van der Waals surface area contributed by atoms with Crippen LogP contribution >= 0.6 is 35.0 Å². The summed E-state index contributed by atoms with van der Waals surface area (Å²) < 4.78 is 35.3. The summed E-state index contributed by atoms with van der Waals surface area (Å²) in [4.78, 5) is 12.9. The van der Waals surface area contributed by atoms with Crippen LogP contribution in [0.25, 0.3) is 0 Å². The number of benzene rings is 1. The second-order valence-corrected chi connectivity index (χ2v) is 10.1. The third kappa shape index (κ3) is 4.21. The van der Waals surface area contributed by atoms with Crippen molar-refractivity contribution in [2.75, 3.05) is 12.9 Å². The topological polar surface area (TPSA) is 72.5 Å². The van der Waals surface area contributed by atoms with E-state index in [-0.39, 0.29) is 33.7 Å². The Morgan fingerprint density at radius 2 is 1.63 bits per heavy atom. The van der Waals surface area contributed by atoms with Gasteiger partial charge in [0.2, 0.25) is 5.12 Å². The van der Waals surface area contributed by atoms with Gasteiger partial charge in [-0.3, -0.25) is 4.79 Å². The average Bonchev–Trinajstić information content (AvgIpc) is 3.12. The maximum Gasteiger partial charge on any atom is 0.224 e. The van der Waals surface area contributed by atoms with E-state index < -0.39 is 30.1 Å². The van der Waals surface area contributed by atoms with Crippen molar-refractivity contribution in [2.24, 2.45) is 0 Å². The summed E-state index contributed by atoms with van der Waals surface area (Å²) in [6.07, 6.45) is -2.12. The molecule has 4 rings (SSSR count). The highest BCUT2D eigenvalue weighted by Crippen LogP contribution is 2.45. The van der Waals surface area contributed by atoms with Gasteiger partial charge in [0.25, 0.3) is 0 Å². The standard InChI is InChI=1S/C20H24Cl2O7S/c1-19(2)26-11(14-15(27-19)16-18(25-14)29-20(3,4)28-16)8-30-17(23)12-9(21)6-7-10(22)13(12)24-5/h6-7,11,14-16,18H,8H2,1-5H3/t11-,14-,15+,16-,18-/m1/s1. The first-order valence-electron chi connectivity index (χ1n) is 9.57. The van der Waals surface area contributed by atoms with Gasteiger partial charge in [0, 0.05) is 5.75 Å². The second kappa shape index (κ2) is 8.08. The lowest BCUT2D eigenvalue weighted by atomic mass is 10.0. The monoisotopic (exact) mass is 478 g/mol. The fourth-order valence-electron chi connectivity index (χ4n) is 4.01. The van der Waals surface area contributed by atoms with Crippen LogP contribution in [0.15, 0.2) is 12.1 Å². The van der Waals surface area contributed by atoms with Gasteiger partial charge >= 0.3 is 0 Å². The summed E-state index contributed by atoms with van der Waals surface area (Å²) in [5, 5.41) is 0.324. The Bertz CT molecular complexity index is 847. The Kier molecular flexibility index (Phi) is 6.09. The molecule has 1 aromatic carbocycles. The van der Waals surface area contributed by atoms with E-state index in [9.17, 15) is 4.79 Å². The third-order valence-electron chi connectivity index (χ3n) is 5.09. The van der Waals surface area contributed by atoms with Crippen molar-refractivity contribution in [1.82, 2.24) is 0 Å². The van der Waals surface area contributed by atoms with Gasteiger partial charge < -0.3 is 28.4 Å². The largest absolute Gasteiger partial charge is 0.494 e. The molecule has 3 aliphatic rings. The van der Waals surface area contributed by atoms with Crippen LogP contribution in [-0.4, -0.2) is 60.3 Å². The minimum Gasteiger partial charge on any atom is -0.494 e. The highest BCUT2D eigenvalue weighted by Gasteiger charge is 2.61. The summed E-state index contributed by atoms with van der Waals surface area (Å²) in [6, 6.07) is 3.16. The number of rotatable bonds is 4. The smallest absolute Gasteiger partial charge is 0.224 e. The minimum absolute atomic E-state index is 0.233. The van der Waals surface area contributed by atoms with Gasteiger partial charge in [-0.2, -0.15) is 0 Å². The molecular weight excluding hydrogens is 455 g/mol. The lowest BCUT2D eigenvalue weighted by molar-refractivity contribution is -0.339. The van der Waals surface area contributed by atoms with E-state index in [1.54, 1.807) is 12.1 Å². The molecule has 3 aliphatic heterocycles. The predicted molar refractivity (Wildman–Crippen MR) is 112 cm³/mol. The highest BCUT2D eigenvalue weighted by atomic mass is 35.5. The molecule has 3 heterocycles. The van der Waals surface area contributed by atoms with E-state index in [1.165, 1.54) is 7.11 Å². The molecule has 30 heavy (non-hydrogen) atoms. The molecule has 0 aromatic heterocycles. The van der Waals surface area contributed by atoms with Gasteiger partial charge in [-0.05, 0) is 39.8 Å². The molecule has 7 nitrogen and oxygen atoms in total. The third-order valence-corrected chi connectivity index (χ3v) is 6.67. The molecule has 10 heteroatoms. The molecule has 0 saturated carbocycles. The molecule has 0 unspecified atom stereocenters. The first-order valence-corrected chi connectivity index (χ1v) is 11.3. The van der Waals surface area contributed by atoms with Gasteiger partial charge in [0.05, 0.1) is 28.8 Å². The number of carbonyl (C=O) groups is 1. The van der Waals surface area contributed by atoms with Gasteiger partial charge in [-0.25, -0.2) is 0 Å². The SMILES string of the molecule is COc1c(Cl)ccc(Cl)c1C(=O)SC[C@H]1OC(C)(C)O[C@@H]2[C@H]3OC(C)(C)O[C@H]3O[C@@H]21. The van der Waals surface area contributed by atoms with Crippen molar-refractivity contribution in [2.45, 2.75) is 70.0 Å². The molecule has 1 aromatic rings. The molecular formula is C20H24Cl2O7S. The number of ether oxygens (including phenoxy) is 6. The van der Waals surface area contributed by atoms with Gasteiger partial charge in [0.1, 0.15) is 18.3 Å². The lowest BCUT2D eigenvalue weighted by Crippen LogP contribution is -2.56. The first-order chi connectivity index (χ1) is 14.0. The maximum absolute atomic E-state index is 12.9. The van der Waals surface area contributed by atoms with Gasteiger partial charge in [0.15, 0.2) is 23.6 Å². The molecule has 0 radical (unpaired) electrons. The molecule has 0 bridgehead atoms. The molecule has 166 valence electrons. The average molecular weight is 479 g/mol. The molecule has 0 N–H and O–H groups in total. The molecule has 3 saturated heterocycles. The van der Waals surface area contributed by atoms with E-state index in [4.69, 9.17) is 51.6 Å². The van der Waals surface area contributed by atoms with E-state index in [1.807, 2.05) is 27.7 Å². The van der Waals surface area contributed by atoms with Crippen molar-refractivity contribution in [3.05, 3.63) is 27.7 Å². The number of hydrogen-bond acceptors (Lipinski definition) is 8. The Morgan fingerprint density at radius 1 is 1.00 bits per heavy atom. The zero-order chi connectivity index (χ0) is 21.8. The highest BCUT2D eigenvalue weighted by molar-refractivity contribution is 8.14.